The third-order valence-electron chi connectivity index (χ3n) is 3.03. The molecule has 110 valence electrons. The van der Waals surface area contributed by atoms with E-state index in [0.29, 0.717) is 13.3 Å². The summed E-state index contributed by atoms with van der Waals surface area (Å²) in [6.07, 6.45) is 1.86. The first kappa shape index (κ1) is 13.5. The van der Waals surface area contributed by atoms with Crippen LogP contribution in [0.3, 0.4) is 0 Å². The third-order valence-corrected chi connectivity index (χ3v) is 3.03. The van der Waals surface area contributed by atoms with Gasteiger partial charge >= 0.3 is 0 Å². The Morgan fingerprint density at radius 1 is 1.24 bits per heavy atom. The number of hydrogen-bond donors (Lipinski definition) is 1. The molecule has 5 nitrogen and oxygen atoms in total. The molecule has 1 aromatic carbocycles. The molecule has 0 fully saturated rings. The molecule has 2 aromatic rings. The molecule has 2 heterocycles. The minimum Gasteiger partial charge on any atom is -0.487 e. The average Bonchev–Trinajstić information content (AvgIpc) is 2.93. The van der Waals surface area contributed by atoms with Gasteiger partial charge in [-0.25, -0.2) is 4.98 Å². The van der Waals surface area contributed by atoms with Crippen LogP contribution in [0.4, 0.5) is 5.82 Å². The summed E-state index contributed by atoms with van der Waals surface area (Å²) in [5.41, 5.74) is 1.10. The molecular weight excluding hydrogens is 268 g/mol. The summed E-state index contributed by atoms with van der Waals surface area (Å²) in [5.74, 6) is 3.08. The normalized spacial score (nSPS) is 12.5. The van der Waals surface area contributed by atoms with Crippen LogP contribution in [0.15, 0.2) is 36.5 Å². The molecule has 0 bridgehead atoms. The van der Waals surface area contributed by atoms with E-state index in [9.17, 15) is 0 Å². The van der Waals surface area contributed by atoms with Crippen molar-refractivity contribution < 1.29 is 14.2 Å². The fourth-order valence-electron chi connectivity index (χ4n) is 2.11. The monoisotopic (exact) mass is 286 g/mol. The van der Waals surface area contributed by atoms with Gasteiger partial charge in [-0.3, -0.25) is 0 Å². The van der Waals surface area contributed by atoms with Crippen LogP contribution >= 0.6 is 0 Å². The van der Waals surface area contributed by atoms with E-state index in [2.05, 4.69) is 10.3 Å². The lowest BCUT2D eigenvalue weighted by Crippen LogP contribution is -2.09. The SMILES string of the molecule is CC(C)Oc1cccnc1NCc1ccc2c(c1)OCO2. The van der Waals surface area contributed by atoms with E-state index in [1.807, 2.05) is 44.2 Å². The predicted octanol–water partition coefficient (Wildman–Crippen LogP) is 3.21. The topological polar surface area (TPSA) is 52.6 Å². The maximum atomic E-state index is 5.74. The summed E-state index contributed by atoms with van der Waals surface area (Å²) < 4.78 is 16.4. The first-order valence-corrected chi connectivity index (χ1v) is 6.96. The number of nitrogens with one attached hydrogen (secondary N) is 1. The van der Waals surface area contributed by atoms with Crippen LogP contribution in [0.2, 0.25) is 0 Å². The lowest BCUT2D eigenvalue weighted by Gasteiger charge is -2.14. The zero-order valence-corrected chi connectivity index (χ0v) is 12.1. The number of fused-ring (bicyclic) bond motifs is 1. The van der Waals surface area contributed by atoms with Gasteiger partial charge in [0.2, 0.25) is 6.79 Å². The second-order valence-electron chi connectivity index (χ2n) is 5.06. The van der Waals surface area contributed by atoms with Crippen molar-refractivity contribution in [3.05, 3.63) is 42.1 Å². The summed E-state index contributed by atoms with van der Waals surface area (Å²) in [6, 6.07) is 9.68. The molecule has 1 aromatic heterocycles. The van der Waals surface area contributed by atoms with E-state index in [0.717, 1.165) is 28.6 Å². The van der Waals surface area contributed by atoms with Crippen LogP contribution in [-0.2, 0) is 6.54 Å². The molecule has 0 unspecified atom stereocenters. The minimum absolute atomic E-state index is 0.111. The standard InChI is InChI=1S/C16H18N2O3/c1-11(2)21-14-4-3-7-17-16(14)18-9-12-5-6-13-15(8-12)20-10-19-13/h3-8,11H,9-10H2,1-2H3,(H,17,18). The smallest absolute Gasteiger partial charge is 0.231 e. The van der Waals surface area contributed by atoms with Gasteiger partial charge in [0, 0.05) is 12.7 Å². The van der Waals surface area contributed by atoms with Crippen molar-refractivity contribution in [1.29, 1.82) is 0 Å². The van der Waals surface area contributed by atoms with Crippen molar-refractivity contribution in [2.75, 3.05) is 12.1 Å². The number of hydrogen-bond acceptors (Lipinski definition) is 5. The molecule has 5 heteroatoms. The summed E-state index contributed by atoms with van der Waals surface area (Å²) in [6.45, 7) is 4.92. The Bertz CT molecular complexity index is 629. The number of aromatic nitrogens is 1. The lowest BCUT2D eigenvalue weighted by atomic mass is 10.2. The largest absolute Gasteiger partial charge is 0.487 e. The number of nitrogens with zero attached hydrogens (tertiary/aromatic N) is 1. The Labute approximate surface area is 123 Å². The molecule has 3 rings (SSSR count). The van der Waals surface area contributed by atoms with E-state index in [-0.39, 0.29) is 6.10 Å². The summed E-state index contributed by atoms with van der Waals surface area (Å²) >= 11 is 0. The van der Waals surface area contributed by atoms with Crippen LogP contribution < -0.4 is 19.5 Å². The van der Waals surface area contributed by atoms with Gasteiger partial charge in [0.1, 0.15) is 0 Å². The Balaban J connectivity index is 1.70. The Hall–Kier alpha value is -2.43. The quantitative estimate of drug-likeness (QED) is 0.914. The fourth-order valence-corrected chi connectivity index (χ4v) is 2.11. The number of anilines is 1. The van der Waals surface area contributed by atoms with Crippen LogP contribution in [0.1, 0.15) is 19.4 Å². The highest BCUT2D eigenvalue weighted by molar-refractivity contribution is 5.51. The molecule has 0 aliphatic carbocycles. The van der Waals surface area contributed by atoms with Gasteiger partial charge in [0.15, 0.2) is 23.1 Å². The molecule has 1 aliphatic rings. The maximum Gasteiger partial charge on any atom is 0.231 e. The maximum absolute atomic E-state index is 5.74. The molecule has 0 spiro atoms. The van der Waals surface area contributed by atoms with Crippen LogP contribution in [-0.4, -0.2) is 17.9 Å². The Morgan fingerprint density at radius 2 is 2.10 bits per heavy atom. The number of pyridine rings is 1. The van der Waals surface area contributed by atoms with Gasteiger partial charge in [-0.1, -0.05) is 6.07 Å². The van der Waals surface area contributed by atoms with Gasteiger partial charge < -0.3 is 19.5 Å². The van der Waals surface area contributed by atoms with Crippen molar-refractivity contribution in [3.63, 3.8) is 0 Å². The number of benzene rings is 1. The summed E-state index contributed by atoms with van der Waals surface area (Å²) in [4.78, 5) is 4.33. The highest BCUT2D eigenvalue weighted by atomic mass is 16.7. The van der Waals surface area contributed by atoms with Crippen molar-refractivity contribution >= 4 is 5.82 Å². The van der Waals surface area contributed by atoms with Crippen molar-refractivity contribution in [2.24, 2.45) is 0 Å². The molecule has 0 saturated heterocycles. The van der Waals surface area contributed by atoms with E-state index in [4.69, 9.17) is 14.2 Å². The fraction of sp³-hybridized carbons (Fsp3) is 0.312. The van der Waals surface area contributed by atoms with Gasteiger partial charge in [-0.05, 0) is 43.7 Å². The van der Waals surface area contributed by atoms with E-state index in [1.165, 1.54) is 0 Å². The number of ether oxygens (including phenoxy) is 3. The first-order chi connectivity index (χ1) is 10.2. The highest BCUT2D eigenvalue weighted by Crippen LogP contribution is 2.33. The minimum atomic E-state index is 0.111. The highest BCUT2D eigenvalue weighted by Gasteiger charge is 2.13. The second-order valence-corrected chi connectivity index (χ2v) is 5.06. The van der Waals surface area contributed by atoms with Crippen molar-refractivity contribution in [3.8, 4) is 17.2 Å². The Kier molecular flexibility index (Phi) is 3.81. The lowest BCUT2D eigenvalue weighted by molar-refractivity contribution is 0.174. The van der Waals surface area contributed by atoms with Crippen LogP contribution in [0.25, 0.3) is 0 Å². The van der Waals surface area contributed by atoms with E-state index < -0.39 is 0 Å². The van der Waals surface area contributed by atoms with E-state index >= 15 is 0 Å². The molecule has 21 heavy (non-hydrogen) atoms. The predicted molar refractivity (Wildman–Crippen MR) is 79.9 cm³/mol. The third kappa shape index (κ3) is 3.18. The molecule has 1 N–H and O–H groups in total. The molecule has 0 saturated carbocycles. The second kappa shape index (κ2) is 5.91. The molecule has 1 aliphatic heterocycles. The van der Waals surface area contributed by atoms with Gasteiger partial charge in [-0.2, -0.15) is 0 Å². The summed E-state index contributed by atoms with van der Waals surface area (Å²) in [7, 11) is 0. The molecule has 0 radical (unpaired) electrons. The van der Waals surface area contributed by atoms with Crippen molar-refractivity contribution in [1.82, 2.24) is 4.98 Å². The zero-order valence-electron chi connectivity index (χ0n) is 12.1. The molecule has 0 atom stereocenters. The van der Waals surface area contributed by atoms with Crippen LogP contribution in [0.5, 0.6) is 17.2 Å². The van der Waals surface area contributed by atoms with E-state index in [1.54, 1.807) is 6.20 Å². The number of rotatable bonds is 5. The first-order valence-electron chi connectivity index (χ1n) is 6.96. The zero-order chi connectivity index (χ0) is 14.7. The summed E-state index contributed by atoms with van der Waals surface area (Å²) in [5, 5.41) is 3.29. The van der Waals surface area contributed by atoms with Crippen molar-refractivity contribution in [2.45, 2.75) is 26.5 Å². The molecule has 0 amide bonds. The van der Waals surface area contributed by atoms with Gasteiger partial charge in [-0.15, -0.1) is 0 Å². The molecular formula is C16H18N2O3. The van der Waals surface area contributed by atoms with Gasteiger partial charge in [0.05, 0.1) is 6.10 Å². The average molecular weight is 286 g/mol. The van der Waals surface area contributed by atoms with Crippen LogP contribution in [0, 0.1) is 0 Å². The Morgan fingerprint density at radius 3 is 2.95 bits per heavy atom. The van der Waals surface area contributed by atoms with Gasteiger partial charge in [0.25, 0.3) is 0 Å².